The molecule has 0 amide bonds. The molecule has 0 fully saturated rings. The Morgan fingerprint density at radius 1 is 0.333 bits per heavy atom. The van der Waals surface area contributed by atoms with Crippen molar-refractivity contribution in [3.05, 3.63) is 217 Å². The quantitative estimate of drug-likeness (QED) is 0.127. The zero-order valence-electron chi connectivity index (χ0n) is 45.9. The summed E-state index contributed by atoms with van der Waals surface area (Å²) in [4.78, 5) is 4.89. The van der Waals surface area contributed by atoms with Gasteiger partial charge in [-0.3, -0.25) is 0 Å². The Bertz CT molecular complexity index is 3650. The second kappa shape index (κ2) is 18.7. The van der Waals surface area contributed by atoms with E-state index in [9.17, 15) is 0 Å². The highest BCUT2D eigenvalue weighted by Crippen LogP contribution is 2.46. The number of nitrogens with zero attached hydrogens (tertiary/aromatic N) is 2. The Labute approximate surface area is 447 Å². The molecule has 0 aliphatic carbocycles. The Morgan fingerprint density at radius 3 is 1.04 bits per heavy atom. The van der Waals surface area contributed by atoms with Crippen molar-refractivity contribution in [1.29, 1.82) is 0 Å². The SMILES string of the molecule is CC(C)(C)c1ccc(N(c2ccc([Si](C)(C)C)cc2)c2ccc3cc4c(cc3c2)oc2cc3cc(N(c5ccc([Si](C)(C)C)cc5)c5ccc(C(C)(C)C)cc5-c5ccccc5)ccc3cc24)c(-c2ccccc2)c1. The molecule has 0 N–H and O–H groups in total. The first kappa shape index (κ1) is 49.7. The molecule has 0 saturated heterocycles. The molecule has 11 rings (SSSR count). The molecule has 10 aromatic carbocycles. The van der Waals surface area contributed by atoms with Crippen LogP contribution in [0, 0.1) is 0 Å². The van der Waals surface area contributed by atoms with Crippen molar-refractivity contribution >= 4 is 104 Å². The zero-order valence-corrected chi connectivity index (χ0v) is 47.9. The average Bonchev–Trinajstić information content (AvgIpc) is 3.73. The molecule has 374 valence electrons. The number of benzene rings is 10. The van der Waals surface area contributed by atoms with E-state index in [0.717, 1.165) is 66.8 Å². The third kappa shape index (κ3) is 9.76. The predicted molar refractivity (Wildman–Crippen MR) is 332 cm³/mol. The van der Waals surface area contributed by atoms with Crippen LogP contribution in [0.15, 0.2) is 211 Å². The second-order valence-electron chi connectivity index (χ2n) is 24.8. The number of fused-ring (bicyclic) bond motifs is 5. The van der Waals surface area contributed by atoms with Gasteiger partial charge in [-0.15, -0.1) is 0 Å². The Balaban J connectivity index is 1.04. The predicted octanol–water partition coefficient (Wildman–Crippen LogP) is 19.9. The standard InChI is InChI=1S/C70H70N2OSi2/c1-69(2,3)53-25-37-65(61(45-53)47-19-15-13-16-20-47)71(55-29-33-59(34-30-55)74(7,8)9)57-27-23-49-41-63-64-42-50-24-28-58(40-52(50)44-68(64)73-67(63)43-51(49)39-57)72(56-31-35-60(36-32-56)75(10,11)12)66-38-26-54(70(4,5)6)46-62(66)48-21-17-14-18-22-48/h13-46H,1-12H3. The average molecular weight is 1010 g/mol. The van der Waals surface area contributed by atoms with Gasteiger partial charge >= 0.3 is 0 Å². The van der Waals surface area contributed by atoms with Crippen LogP contribution in [0.2, 0.25) is 39.3 Å². The first-order valence-corrected chi connectivity index (χ1v) is 33.7. The first-order valence-electron chi connectivity index (χ1n) is 26.7. The zero-order chi connectivity index (χ0) is 52.6. The van der Waals surface area contributed by atoms with Crippen LogP contribution in [0.1, 0.15) is 52.7 Å². The van der Waals surface area contributed by atoms with Gasteiger partial charge in [-0.05, 0) is 152 Å². The molecule has 0 spiro atoms. The van der Waals surface area contributed by atoms with Gasteiger partial charge in [0, 0.05) is 44.6 Å². The van der Waals surface area contributed by atoms with Crippen LogP contribution in [-0.2, 0) is 10.8 Å². The summed E-state index contributed by atoms with van der Waals surface area (Å²) in [6, 6.07) is 77.4. The van der Waals surface area contributed by atoms with Crippen LogP contribution in [-0.4, -0.2) is 16.1 Å². The highest BCUT2D eigenvalue weighted by molar-refractivity contribution is 6.89. The van der Waals surface area contributed by atoms with E-state index in [0.29, 0.717) is 0 Å². The normalized spacial score (nSPS) is 12.5. The molecule has 0 aliphatic heterocycles. The number of furan rings is 1. The van der Waals surface area contributed by atoms with Crippen molar-refractivity contribution in [3.8, 4) is 22.3 Å². The third-order valence-corrected chi connectivity index (χ3v) is 19.4. The summed E-state index contributed by atoms with van der Waals surface area (Å²) in [5.41, 5.74) is 15.9. The van der Waals surface area contributed by atoms with Gasteiger partial charge in [0.15, 0.2) is 0 Å². The summed E-state index contributed by atoms with van der Waals surface area (Å²) < 4.78 is 6.92. The first-order chi connectivity index (χ1) is 35.7. The van der Waals surface area contributed by atoms with Gasteiger partial charge in [-0.2, -0.15) is 0 Å². The number of anilines is 6. The van der Waals surface area contributed by atoms with Crippen molar-refractivity contribution < 1.29 is 4.42 Å². The highest BCUT2D eigenvalue weighted by Gasteiger charge is 2.26. The minimum absolute atomic E-state index is 0.00719. The molecule has 0 bridgehead atoms. The molecule has 3 nitrogen and oxygen atoms in total. The fourth-order valence-electron chi connectivity index (χ4n) is 10.7. The van der Waals surface area contributed by atoms with Gasteiger partial charge in [0.1, 0.15) is 11.2 Å². The van der Waals surface area contributed by atoms with Crippen LogP contribution < -0.4 is 20.2 Å². The summed E-state index contributed by atoms with van der Waals surface area (Å²) in [6.45, 7) is 28.3. The van der Waals surface area contributed by atoms with Crippen molar-refractivity contribution in [2.24, 2.45) is 0 Å². The second-order valence-corrected chi connectivity index (χ2v) is 35.0. The van der Waals surface area contributed by atoms with Crippen LogP contribution in [0.3, 0.4) is 0 Å². The molecule has 11 aromatic rings. The van der Waals surface area contributed by atoms with Crippen molar-refractivity contribution in [1.82, 2.24) is 0 Å². The third-order valence-electron chi connectivity index (χ3n) is 15.2. The summed E-state index contributed by atoms with van der Waals surface area (Å²) >= 11 is 0. The molecule has 1 heterocycles. The van der Waals surface area contributed by atoms with Gasteiger partial charge in [0.2, 0.25) is 0 Å². The maximum Gasteiger partial charge on any atom is 0.136 e. The summed E-state index contributed by atoms with van der Waals surface area (Å²) in [7, 11) is -3.06. The molecular formula is C70H70N2OSi2. The van der Waals surface area contributed by atoms with E-state index in [1.54, 1.807) is 0 Å². The molecule has 0 unspecified atom stereocenters. The van der Waals surface area contributed by atoms with E-state index in [1.807, 2.05) is 0 Å². The smallest absolute Gasteiger partial charge is 0.136 e. The lowest BCUT2D eigenvalue weighted by Crippen LogP contribution is -2.37. The lowest BCUT2D eigenvalue weighted by atomic mass is 9.84. The van der Waals surface area contributed by atoms with E-state index in [-0.39, 0.29) is 10.8 Å². The Hall–Kier alpha value is -7.45. The molecule has 1 aromatic heterocycles. The van der Waals surface area contributed by atoms with E-state index >= 15 is 0 Å². The number of hydrogen-bond acceptors (Lipinski definition) is 3. The van der Waals surface area contributed by atoms with E-state index < -0.39 is 16.1 Å². The minimum Gasteiger partial charge on any atom is -0.456 e. The van der Waals surface area contributed by atoms with E-state index in [1.165, 1.54) is 54.5 Å². The maximum atomic E-state index is 6.92. The molecule has 75 heavy (non-hydrogen) atoms. The van der Waals surface area contributed by atoms with E-state index in [4.69, 9.17) is 4.42 Å². The Morgan fingerprint density at radius 2 is 0.693 bits per heavy atom. The molecule has 5 heteroatoms. The van der Waals surface area contributed by atoms with Crippen molar-refractivity contribution in [3.63, 3.8) is 0 Å². The maximum absolute atomic E-state index is 6.92. The molecule has 0 radical (unpaired) electrons. The summed E-state index contributed by atoms with van der Waals surface area (Å²) in [5.74, 6) is 0. The molecule has 0 saturated carbocycles. The van der Waals surface area contributed by atoms with Crippen molar-refractivity contribution in [2.45, 2.75) is 91.7 Å². The fraction of sp³-hybridized carbons (Fsp3) is 0.200. The topological polar surface area (TPSA) is 19.6 Å². The van der Waals surface area contributed by atoms with Crippen LogP contribution in [0.25, 0.3) is 65.7 Å². The number of rotatable bonds is 10. The van der Waals surface area contributed by atoms with Gasteiger partial charge in [-0.1, -0.05) is 200 Å². The van der Waals surface area contributed by atoms with Gasteiger partial charge in [0.05, 0.1) is 27.5 Å². The minimum atomic E-state index is -1.53. The van der Waals surface area contributed by atoms with Gasteiger partial charge in [0.25, 0.3) is 0 Å². The fourth-order valence-corrected chi connectivity index (χ4v) is 13.0. The molecule has 0 atom stereocenters. The van der Waals surface area contributed by atoms with Crippen LogP contribution >= 0.6 is 0 Å². The van der Waals surface area contributed by atoms with Gasteiger partial charge < -0.3 is 14.2 Å². The lowest BCUT2D eigenvalue weighted by molar-refractivity contribution is 0.590. The number of hydrogen-bond donors (Lipinski definition) is 0. The van der Waals surface area contributed by atoms with Crippen LogP contribution in [0.5, 0.6) is 0 Å². The van der Waals surface area contributed by atoms with Crippen LogP contribution in [0.4, 0.5) is 34.1 Å². The Kier molecular flexibility index (Phi) is 12.4. The largest absolute Gasteiger partial charge is 0.456 e. The molecular weight excluding hydrogens is 941 g/mol. The lowest BCUT2D eigenvalue weighted by Gasteiger charge is -2.30. The summed E-state index contributed by atoms with van der Waals surface area (Å²) in [6.07, 6.45) is 0. The monoisotopic (exact) mass is 1010 g/mol. The van der Waals surface area contributed by atoms with E-state index in [2.05, 4.69) is 297 Å². The summed E-state index contributed by atoms with van der Waals surface area (Å²) in [5, 5.41) is 9.73. The van der Waals surface area contributed by atoms with Crippen molar-refractivity contribution in [2.75, 3.05) is 9.80 Å². The highest BCUT2D eigenvalue weighted by atomic mass is 28.3. The van der Waals surface area contributed by atoms with Gasteiger partial charge in [-0.25, -0.2) is 0 Å². The molecule has 0 aliphatic rings.